The first-order chi connectivity index (χ1) is 12.9. The molecular formula is C20H20N2O5. The lowest BCUT2D eigenvalue weighted by Gasteiger charge is -2.08. The maximum absolute atomic E-state index is 12.5. The molecule has 7 nitrogen and oxygen atoms in total. The van der Waals surface area contributed by atoms with Gasteiger partial charge < -0.3 is 14.5 Å². The van der Waals surface area contributed by atoms with Crippen molar-refractivity contribution in [2.24, 2.45) is 0 Å². The number of furan rings is 1. The third-order valence-electron chi connectivity index (χ3n) is 4.44. The van der Waals surface area contributed by atoms with E-state index in [9.17, 15) is 14.9 Å². The van der Waals surface area contributed by atoms with Crippen LogP contribution < -0.4 is 10.1 Å². The summed E-state index contributed by atoms with van der Waals surface area (Å²) in [7, 11) is 0. The monoisotopic (exact) mass is 368 g/mol. The van der Waals surface area contributed by atoms with Crippen LogP contribution in [0.2, 0.25) is 0 Å². The van der Waals surface area contributed by atoms with E-state index in [1.807, 2.05) is 26.0 Å². The fourth-order valence-electron chi connectivity index (χ4n) is 2.92. The van der Waals surface area contributed by atoms with E-state index < -0.39 is 4.92 Å². The van der Waals surface area contributed by atoms with Gasteiger partial charge in [-0.3, -0.25) is 14.9 Å². The zero-order chi connectivity index (χ0) is 19.6. The van der Waals surface area contributed by atoms with Crippen molar-refractivity contribution in [2.45, 2.75) is 27.2 Å². The highest BCUT2D eigenvalue weighted by Crippen LogP contribution is 2.30. The maximum atomic E-state index is 12.5. The first kappa shape index (κ1) is 18.4. The molecule has 3 aromatic rings. The molecule has 27 heavy (non-hydrogen) atoms. The predicted octanol–water partition coefficient (Wildman–Crippen LogP) is 4.54. The molecule has 0 aliphatic carbocycles. The van der Waals surface area contributed by atoms with Crippen LogP contribution in [0.3, 0.4) is 0 Å². The van der Waals surface area contributed by atoms with Crippen LogP contribution in [0.25, 0.3) is 11.0 Å². The molecule has 7 heteroatoms. The Balaban J connectivity index is 1.82. The van der Waals surface area contributed by atoms with Gasteiger partial charge in [-0.05, 0) is 44.0 Å². The summed E-state index contributed by atoms with van der Waals surface area (Å²) in [4.78, 5) is 23.2. The van der Waals surface area contributed by atoms with Crippen molar-refractivity contribution in [3.05, 3.63) is 63.4 Å². The zero-order valence-corrected chi connectivity index (χ0v) is 15.4. The Bertz CT molecular complexity index is 1020. The van der Waals surface area contributed by atoms with Crippen molar-refractivity contribution < 1.29 is 18.9 Å². The predicted molar refractivity (Wildman–Crippen MR) is 102 cm³/mol. The third-order valence-corrected chi connectivity index (χ3v) is 4.44. The van der Waals surface area contributed by atoms with Crippen molar-refractivity contribution in [2.75, 3.05) is 11.9 Å². The molecule has 0 atom stereocenters. The molecule has 1 N–H and O–H groups in total. The minimum Gasteiger partial charge on any atom is -0.494 e. The number of amides is 1. The summed E-state index contributed by atoms with van der Waals surface area (Å²) < 4.78 is 10.9. The summed E-state index contributed by atoms with van der Waals surface area (Å²) in [6.45, 7) is 6.15. The number of ether oxygens (including phenoxy) is 1. The molecular weight excluding hydrogens is 348 g/mol. The number of aryl methyl sites for hydroxylation is 2. The van der Waals surface area contributed by atoms with E-state index in [2.05, 4.69) is 5.32 Å². The summed E-state index contributed by atoms with van der Waals surface area (Å²) in [6, 6.07) is 8.26. The van der Waals surface area contributed by atoms with Crippen LogP contribution >= 0.6 is 0 Å². The second kappa shape index (κ2) is 7.49. The molecule has 0 aliphatic heterocycles. The van der Waals surface area contributed by atoms with E-state index in [4.69, 9.17) is 9.15 Å². The van der Waals surface area contributed by atoms with Gasteiger partial charge in [0.2, 0.25) is 5.91 Å². The van der Waals surface area contributed by atoms with E-state index in [0.29, 0.717) is 12.4 Å². The Morgan fingerprint density at radius 3 is 2.74 bits per heavy atom. The lowest BCUT2D eigenvalue weighted by molar-refractivity contribution is -0.384. The molecule has 0 spiro atoms. The Hall–Kier alpha value is -3.35. The number of hydrogen-bond donors (Lipinski definition) is 1. The molecule has 3 rings (SSSR count). The van der Waals surface area contributed by atoms with Crippen LogP contribution in [0, 0.1) is 24.0 Å². The van der Waals surface area contributed by atoms with Gasteiger partial charge in [-0.25, -0.2) is 0 Å². The Morgan fingerprint density at radius 2 is 2.04 bits per heavy atom. The van der Waals surface area contributed by atoms with Crippen LogP contribution in [0.5, 0.6) is 5.75 Å². The minimum absolute atomic E-state index is 0.0554. The van der Waals surface area contributed by atoms with E-state index in [1.165, 1.54) is 12.1 Å². The summed E-state index contributed by atoms with van der Waals surface area (Å²) in [6.07, 6.45) is 1.61. The van der Waals surface area contributed by atoms with Crippen molar-refractivity contribution in [1.29, 1.82) is 0 Å². The fraction of sp³-hybridized carbons (Fsp3) is 0.250. The van der Waals surface area contributed by atoms with Gasteiger partial charge in [0.05, 0.1) is 30.3 Å². The molecule has 0 saturated heterocycles. The van der Waals surface area contributed by atoms with Gasteiger partial charge in [0, 0.05) is 10.9 Å². The highest BCUT2D eigenvalue weighted by Gasteiger charge is 2.19. The Morgan fingerprint density at radius 1 is 1.26 bits per heavy atom. The molecule has 140 valence electrons. The van der Waals surface area contributed by atoms with Gasteiger partial charge in [0.25, 0.3) is 5.69 Å². The number of anilines is 1. The Kier molecular flexibility index (Phi) is 5.12. The van der Waals surface area contributed by atoms with Gasteiger partial charge in [-0.1, -0.05) is 12.1 Å². The average molecular weight is 368 g/mol. The van der Waals surface area contributed by atoms with Crippen LogP contribution in [-0.4, -0.2) is 17.4 Å². The highest BCUT2D eigenvalue weighted by molar-refractivity contribution is 5.97. The summed E-state index contributed by atoms with van der Waals surface area (Å²) in [5, 5.41) is 14.8. The summed E-state index contributed by atoms with van der Waals surface area (Å²) >= 11 is 0. The van der Waals surface area contributed by atoms with E-state index in [0.717, 1.165) is 27.7 Å². The standard InChI is InChI=1S/C20H20N2O5/c1-4-26-15-6-8-17(18(10-15)22(24)25)21-19(23)9-14-11-27-20-13(3)12(2)5-7-16(14)20/h5-8,10-11H,4,9H2,1-3H3,(H,21,23). The number of nitrogens with one attached hydrogen (secondary N) is 1. The second-order valence-corrected chi connectivity index (χ2v) is 6.24. The molecule has 0 aliphatic rings. The topological polar surface area (TPSA) is 94.6 Å². The largest absolute Gasteiger partial charge is 0.494 e. The van der Waals surface area contributed by atoms with E-state index >= 15 is 0 Å². The van der Waals surface area contributed by atoms with Gasteiger partial charge in [-0.15, -0.1) is 0 Å². The van der Waals surface area contributed by atoms with Crippen LogP contribution in [0.1, 0.15) is 23.6 Å². The smallest absolute Gasteiger partial charge is 0.296 e. The lowest BCUT2D eigenvalue weighted by Crippen LogP contribution is -2.15. The molecule has 0 unspecified atom stereocenters. The number of rotatable bonds is 6. The molecule has 0 radical (unpaired) electrons. The van der Waals surface area contributed by atoms with Crippen LogP contribution in [-0.2, 0) is 11.2 Å². The van der Waals surface area contributed by atoms with Gasteiger partial charge in [0.1, 0.15) is 17.0 Å². The van der Waals surface area contributed by atoms with Crippen molar-refractivity contribution in [3.8, 4) is 5.75 Å². The molecule has 0 bridgehead atoms. The van der Waals surface area contributed by atoms with Crippen molar-refractivity contribution in [3.63, 3.8) is 0 Å². The number of carbonyl (C=O) groups excluding carboxylic acids is 1. The molecule has 1 amide bonds. The maximum Gasteiger partial charge on any atom is 0.296 e. The number of fused-ring (bicyclic) bond motifs is 1. The number of benzene rings is 2. The van der Waals surface area contributed by atoms with Crippen LogP contribution in [0.15, 0.2) is 41.0 Å². The van der Waals surface area contributed by atoms with Gasteiger partial charge >= 0.3 is 0 Å². The molecule has 0 fully saturated rings. The SMILES string of the molecule is CCOc1ccc(NC(=O)Cc2coc3c(C)c(C)ccc23)c([N+](=O)[O-])c1. The highest BCUT2D eigenvalue weighted by atomic mass is 16.6. The van der Waals surface area contributed by atoms with Crippen molar-refractivity contribution >= 4 is 28.3 Å². The van der Waals surface area contributed by atoms with E-state index in [-0.39, 0.29) is 23.7 Å². The number of nitro groups is 1. The van der Waals surface area contributed by atoms with E-state index in [1.54, 1.807) is 19.3 Å². The third kappa shape index (κ3) is 3.76. The fourth-order valence-corrected chi connectivity index (χ4v) is 2.92. The Labute approximate surface area is 156 Å². The number of nitrogens with zero attached hydrogens (tertiary/aromatic N) is 1. The summed E-state index contributed by atoms with van der Waals surface area (Å²) in [5.41, 5.74) is 3.55. The quantitative estimate of drug-likeness (QED) is 0.509. The minimum atomic E-state index is -0.544. The molecule has 1 aromatic heterocycles. The van der Waals surface area contributed by atoms with Gasteiger partial charge in [-0.2, -0.15) is 0 Å². The average Bonchev–Trinajstić information content (AvgIpc) is 3.03. The number of hydrogen-bond acceptors (Lipinski definition) is 5. The van der Waals surface area contributed by atoms with Crippen molar-refractivity contribution in [1.82, 2.24) is 0 Å². The number of carbonyl (C=O) groups is 1. The molecule has 0 saturated carbocycles. The lowest BCUT2D eigenvalue weighted by atomic mass is 10.0. The second-order valence-electron chi connectivity index (χ2n) is 6.24. The van der Waals surface area contributed by atoms with Gasteiger partial charge in [0.15, 0.2) is 0 Å². The summed E-state index contributed by atoms with van der Waals surface area (Å²) in [5.74, 6) is 0.0251. The number of nitro benzene ring substituents is 1. The van der Waals surface area contributed by atoms with Crippen LogP contribution in [0.4, 0.5) is 11.4 Å². The molecule has 2 aromatic carbocycles. The first-order valence-corrected chi connectivity index (χ1v) is 8.58. The first-order valence-electron chi connectivity index (χ1n) is 8.58. The zero-order valence-electron chi connectivity index (χ0n) is 15.4. The molecule has 1 heterocycles. The normalized spacial score (nSPS) is 10.8.